The van der Waals surface area contributed by atoms with Gasteiger partial charge in [0.1, 0.15) is 11.5 Å². The fraction of sp³-hybridized carbons (Fsp3) is 0.600. The summed E-state index contributed by atoms with van der Waals surface area (Å²) in [7, 11) is 3.41. The van der Waals surface area contributed by atoms with Crippen LogP contribution in [-0.2, 0) is 0 Å². The summed E-state index contributed by atoms with van der Waals surface area (Å²) in [5.41, 5.74) is 1.34. The highest BCUT2D eigenvalue weighted by Gasteiger charge is 2.25. The van der Waals surface area contributed by atoms with Gasteiger partial charge < -0.3 is 14.8 Å². The summed E-state index contributed by atoms with van der Waals surface area (Å²) in [6, 6.07) is 6.88. The van der Waals surface area contributed by atoms with Gasteiger partial charge in [-0.1, -0.05) is 6.92 Å². The lowest BCUT2D eigenvalue weighted by molar-refractivity contribution is 0.392. The molecule has 3 nitrogen and oxygen atoms in total. The predicted octanol–water partition coefficient (Wildman–Crippen LogP) is 2.95. The normalized spacial score (nSPS) is 23.1. The number of rotatable bonds is 5. The van der Waals surface area contributed by atoms with Crippen LogP contribution < -0.4 is 14.8 Å². The summed E-state index contributed by atoms with van der Waals surface area (Å²) in [6.07, 6.45) is 3.72. The van der Waals surface area contributed by atoms with Crippen molar-refractivity contribution in [3.8, 4) is 11.5 Å². The van der Waals surface area contributed by atoms with Gasteiger partial charge in [0, 0.05) is 12.1 Å². The van der Waals surface area contributed by atoms with Crippen LogP contribution in [0.5, 0.6) is 11.5 Å². The Morgan fingerprint density at radius 1 is 1.11 bits per heavy atom. The molecule has 100 valence electrons. The summed E-state index contributed by atoms with van der Waals surface area (Å²) >= 11 is 0. The zero-order chi connectivity index (χ0) is 13.0. The maximum atomic E-state index is 5.34. The fourth-order valence-electron chi connectivity index (χ4n) is 2.82. The quantitative estimate of drug-likeness (QED) is 0.870. The molecule has 0 aromatic heterocycles. The second kappa shape index (κ2) is 6.10. The summed E-state index contributed by atoms with van der Waals surface area (Å²) in [5.74, 6) is 2.39. The number of benzene rings is 1. The highest BCUT2D eigenvalue weighted by atomic mass is 16.5. The number of hydrogen-bond donors (Lipinski definition) is 1. The molecule has 0 amide bonds. The van der Waals surface area contributed by atoms with E-state index in [4.69, 9.17) is 9.47 Å². The Balaban J connectivity index is 2.13. The molecule has 1 N–H and O–H groups in total. The zero-order valence-electron chi connectivity index (χ0n) is 11.5. The maximum Gasteiger partial charge on any atom is 0.122 e. The third-order valence-electron chi connectivity index (χ3n) is 3.77. The SMILES string of the molecule is CCNC1CCC(c2cc(OC)cc(OC)c2)C1. The van der Waals surface area contributed by atoms with Crippen LogP contribution in [0.1, 0.15) is 37.7 Å². The highest BCUT2D eigenvalue weighted by Crippen LogP contribution is 2.37. The molecule has 0 saturated heterocycles. The first-order valence-corrected chi connectivity index (χ1v) is 6.73. The number of hydrogen-bond acceptors (Lipinski definition) is 3. The zero-order valence-corrected chi connectivity index (χ0v) is 11.5. The third-order valence-corrected chi connectivity index (χ3v) is 3.77. The number of methoxy groups -OCH3 is 2. The average molecular weight is 249 g/mol. The van der Waals surface area contributed by atoms with Gasteiger partial charge in [-0.05, 0) is 49.4 Å². The van der Waals surface area contributed by atoms with Crippen LogP contribution in [-0.4, -0.2) is 26.8 Å². The van der Waals surface area contributed by atoms with E-state index in [-0.39, 0.29) is 0 Å². The summed E-state index contributed by atoms with van der Waals surface area (Å²) in [6.45, 7) is 3.22. The predicted molar refractivity (Wildman–Crippen MR) is 73.6 cm³/mol. The minimum Gasteiger partial charge on any atom is -0.497 e. The number of ether oxygens (including phenoxy) is 2. The molecule has 0 aliphatic heterocycles. The fourth-order valence-corrected chi connectivity index (χ4v) is 2.82. The minimum absolute atomic E-state index is 0.623. The van der Waals surface area contributed by atoms with Crippen molar-refractivity contribution in [2.24, 2.45) is 0 Å². The van der Waals surface area contributed by atoms with Crippen molar-refractivity contribution in [3.05, 3.63) is 23.8 Å². The molecule has 0 radical (unpaired) electrons. The van der Waals surface area contributed by atoms with Gasteiger partial charge in [0.15, 0.2) is 0 Å². The highest BCUT2D eigenvalue weighted by molar-refractivity contribution is 5.40. The second-order valence-electron chi connectivity index (χ2n) is 4.91. The van der Waals surface area contributed by atoms with E-state index in [1.165, 1.54) is 24.8 Å². The summed E-state index contributed by atoms with van der Waals surface area (Å²) < 4.78 is 10.7. The topological polar surface area (TPSA) is 30.5 Å². The number of nitrogens with one attached hydrogen (secondary N) is 1. The Morgan fingerprint density at radius 2 is 1.78 bits per heavy atom. The Bertz CT molecular complexity index is 370. The molecule has 2 unspecified atom stereocenters. The van der Waals surface area contributed by atoms with Crippen LogP contribution in [0.2, 0.25) is 0 Å². The van der Waals surface area contributed by atoms with Crippen LogP contribution in [0.4, 0.5) is 0 Å². The first-order valence-electron chi connectivity index (χ1n) is 6.73. The van der Waals surface area contributed by atoms with Gasteiger partial charge in [0.05, 0.1) is 14.2 Å². The van der Waals surface area contributed by atoms with Crippen molar-refractivity contribution in [3.63, 3.8) is 0 Å². The molecule has 1 aromatic carbocycles. The smallest absolute Gasteiger partial charge is 0.122 e. The van der Waals surface area contributed by atoms with E-state index in [0.29, 0.717) is 12.0 Å². The van der Waals surface area contributed by atoms with Crippen molar-refractivity contribution in [2.75, 3.05) is 20.8 Å². The van der Waals surface area contributed by atoms with Gasteiger partial charge >= 0.3 is 0 Å². The molecular weight excluding hydrogens is 226 g/mol. The second-order valence-corrected chi connectivity index (χ2v) is 4.91. The Kier molecular flexibility index (Phi) is 4.48. The van der Waals surface area contributed by atoms with E-state index in [1.807, 2.05) is 6.07 Å². The molecule has 0 bridgehead atoms. The Morgan fingerprint density at radius 3 is 2.33 bits per heavy atom. The van der Waals surface area contributed by atoms with Gasteiger partial charge in [-0.25, -0.2) is 0 Å². The van der Waals surface area contributed by atoms with Crippen LogP contribution in [0.3, 0.4) is 0 Å². The molecule has 0 spiro atoms. The lowest BCUT2D eigenvalue weighted by Gasteiger charge is -2.14. The van der Waals surface area contributed by atoms with E-state index in [9.17, 15) is 0 Å². The van der Waals surface area contributed by atoms with E-state index < -0.39 is 0 Å². The molecule has 0 heterocycles. The van der Waals surface area contributed by atoms with E-state index in [1.54, 1.807) is 14.2 Å². The first kappa shape index (κ1) is 13.2. The molecule has 2 rings (SSSR count). The lowest BCUT2D eigenvalue weighted by atomic mass is 9.97. The summed E-state index contributed by atoms with van der Waals surface area (Å²) in [5, 5.41) is 3.54. The van der Waals surface area contributed by atoms with Gasteiger partial charge in [-0.3, -0.25) is 0 Å². The molecule has 1 saturated carbocycles. The molecule has 1 aliphatic carbocycles. The monoisotopic (exact) mass is 249 g/mol. The minimum atomic E-state index is 0.623. The van der Waals surface area contributed by atoms with Crippen LogP contribution in [0.15, 0.2) is 18.2 Å². The lowest BCUT2D eigenvalue weighted by Crippen LogP contribution is -2.25. The van der Waals surface area contributed by atoms with Crippen molar-refractivity contribution in [1.29, 1.82) is 0 Å². The van der Waals surface area contributed by atoms with Gasteiger partial charge in [0.2, 0.25) is 0 Å². The summed E-state index contributed by atoms with van der Waals surface area (Å²) in [4.78, 5) is 0. The van der Waals surface area contributed by atoms with Gasteiger partial charge in [0.25, 0.3) is 0 Å². The van der Waals surface area contributed by atoms with Crippen molar-refractivity contribution in [1.82, 2.24) is 5.32 Å². The van der Waals surface area contributed by atoms with E-state index in [0.717, 1.165) is 18.0 Å². The first-order chi connectivity index (χ1) is 8.76. The van der Waals surface area contributed by atoms with Gasteiger partial charge in [-0.15, -0.1) is 0 Å². The average Bonchev–Trinajstić information content (AvgIpc) is 2.87. The van der Waals surface area contributed by atoms with Crippen molar-refractivity contribution >= 4 is 0 Å². The van der Waals surface area contributed by atoms with E-state index in [2.05, 4.69) is 24.4 Å². The molecule has 1 aliphatic rings. The van der Waals surface area contributed by atoms with Crippen LogP contribution in [0, 0.1) is 0 Å². The Labute approximate surface area is 109 Å². The third kappa shape index (κ3) is 2.96. The molecule has 2 atom stereocenters. The molecule has 1 fully saturated rings. The maximum absolute atomic E-state index is 5.34. The van der Waals surface area contributed by atoms with Crippen molar-refractivity contribution < 1.29 is 9.47 Å². The molecular formula is C15H23NO2. The Hall–Kier alpha value is -1.22. The van der Waals surface area contributed by atoms with E-state index >= 15 is 0 Å². The molecule has 3 heteroatoms. The van der Waals surface area contributed by atoms with Gasteiger partial charge in [-0.2, -0.15) is 0 Å². The van der Waals surface area contributed by atoms with Crippen LogP contribution in [0.25, 0.3) is 0 Å². The largest absolute Gasteiger partial charge is 0.497 e. The molecule has 18 heavy (non-hydrogen) atoms. The van der Waals surface area contributed by atoms with Crippen molar-refractivity contribution in [2.45, 2.75) is 38.1 Å². The molecule has 1 aromatic rings. The standard InChI is InChI=1S/C15H23NO2/c1-4-16-13-6-5-11(7-13)12-8-14(17-2)10-15(9-12)18-3/h8-11,13,16H,4-7H2,1-3H3. The van der Waals surface area contributed by atoms with Crippen LogP contribution >= 0.6 is 0 Å².